The molecule has 154 valence electrons. The summed E-state index contributed by atoms with van der Waals surface area (Å²) in [4.78, 5) is 16.1. The van der Waals surface area contributed by atoms with Crippen molar-refractivity contribution in [3.05, 3.63) is 107 Å². The van der Waals surface area contributed by atoms with Crippen LogP contribution in [0.5, 0.6) is 0 Å². The van der Waals surface area contributed by atoms with E-state index in [4.69, 9.17) is 4.74 Å². The van der Waals surface area contributed by atoms with Gasteiger partial charge in [0.2, 0.25) is 0 Å². The van der Waals surface area contributed by atoms with E-state index in [1.54, 1.807) is 12.1 Å². The summed E-state index contributed by atoms with van der Waals surface area (Å²) in [6, 6.07) is 24.6. The second-order valence-electron chi connectivity index (χ2n) is 8.03. The number of allylic oxidation sites excluding steroid dienone is 2. The van der Waals surface area contributed by atoms with Gasteiger partial charge in [0.1, 0.15) is 0 Å². The van der Waals surface area contributed by atoms with Crippen LogP contribution >= 0.6 is 0 Å². The van der Waals surface area contributed by atoms with Crippen molar-refractivity contribution in [3.63, 3.8) is 0 Å². The number of hydrogen-bond donors (Lipinski definition) is 1. The molecule has 1 aliphatic heterocycles. The Morgan fingerprint density at radius 3 is 2.58 bits per heavy atom. The lowest BCUT2D eigenvalue weighted by Gasteiger charge is -2.37. The molecule has 0 aromatic heterocycles. The summed E-state index contributed by atoms with van der Waals surface area (Å²) in [5, 5.41) is 3.76. The molecule has 0 saturated carbocycles. The maximum absolute atomic E-state index is 11.5. The highest BCUT2D eigenvalue weighted by atomic mass is 16.5. The number of benzene rings is 3. The monoisotopic (exact) mass is 408 g/mol. The summed E-state index contributed by atoms with van der Waals surface area (Å²) in [5.74, 6) is 0.684. The molecule has 31 heavy (non-hydrogen) atoms. The fourth-order valence-electron chi connectivity index (χ4n) is 4.61. The van der Waals surface area contributed by atoms with Crippen LogP contribution in [-0.2, 0) is 4.74 Å². The average Bonchev–Trinajstić information content (AvgIpc) is 3.33. The lowest BCUT2D eigenvalue weighted by molar-refractivity contribution is 0.0600. The zero-order chi connectivity index (χ0) is 21.2. The Kier molecular flexibility index (Phi) is 5.13. The van der Waals surface area contributed by atoms with Crippen LogP contribution in [0.15, 0.2) is 89.9 Å². The van der Waals surface area contributed by atoms with Crippen molar-refractivity contribution in [1.29, 1.82) is 0 Å². The van der Waals surface area contributed by atoms with E-state index in [1.165, 1.54) is 23.9 Å². The highest BCUT2D eigenvalue weighted by molar-refractivity contribution is 5.91. The van der Waals surface area contributed by atoms with E-state index in [2.05, 4.69) is 71.0 Å². The first-order valence-electron chi connectivity index (χ1n) is 10.6. The fourth-order valence-corrected chi connectivity index (χ4v) is 4.61. The molecule has 0 radical (unpaired) electrons. The second kappa shape index (κ2) is 8.23. The SMILES string of the molecule is COC(=O)c1ccc(C=Nc2ccc([C@@H]3Nc4ccccc4[C@H]4C=CC[C@H]43)cc2)cc1. The summed E-state index contributed by atoms with van der Waals surface area (Å²) in [6.07, 6.45) is 7.58. The Bertz CT molecular complexity index is 1150. The van der Waals surface area contributed by atoms with E-state index < -0.39 is 0 Å². The number of anilines is 1. The number of fused-ring (bicyclic) bond motifs is 3. The number of nitrogens with one attached hydrogen (secondary N) is 1. The van der Waals surface area contributed by atoms with Crippen LogP contribution in [0.4, 0.5) is 11.4 Å². The Morgan fingerprint density at radius 1 is 1.03 bits per heavy atom. The Morgan fingerprint density at radius 2 is 1.81 bits per heavy atom. The second-order valence-corrected chi connectivity index (χ2v) is 8.03. The van der Waals surface area contributed by atoms with E-state index in [-0.39, 0.29) is 5.97 Å². The van der Waals surface area contributed by atoms with Crippen molar-refractivity contribution in [1.82, 2.24) is 0 Å². The van der Waals surface area contributed by atoms with Gasteiger partial charge < -0.3 is 10.1 Å². The van der Waals surface area contributed by atoms with Gasteiger partial charge in [-0.05, 0) is 59.4 Å². The molecule has 4 heteroatoms. The number of carbonyl (C=O) groups is 1. The molecular weight excluding hydrogens is 384 g/mol. The summed E-state index contributed by atoms with van der Waals surface area (Å²) < 4.78 is 4.73. The van der Waals surface area contributed by atoms with Crippen molar-refractivity contribution in [2.45, 2.75) is 18.4 Å². The van der Waals surface area contributed by atoms with Crippen molar-refractivity contribution in [3.8, 4) is 0 Å². The third-order valence-corrected chi connectivity index (χ3v) is 6.22. The number of nitrogens with zero attached hydrogens (tertiary/aromatic N) is 1. The minimum Gasteiger partial charge on any atom is -0.465 e. The number of hydrogen-bond acceptors (Lipinski definition) is 4. The number of aliphatic imine (C=N–C) groups is 1. The van der Waals surface area contributed by atoms with Crippen molar-refractivity contribution < 1.29 is 9.53 Å². The van der Waals surface area contributed by atoms with Gasteiger partial charge in [0.25, 0.3) is 0 Å². The molecule has 5 rings (SSSR count). The van der Waals surface area contributed by atoms with E-state index in [9.17, 15) is 4.79 Å². The summed E-state index contributed by atoms with van der Waals surface area (Å²) in [5.41, 5.74) is 6.29. The molecule has 3 atom stereocenters. The van der Waals surface area contributed by atoms with Gasteiger partial charge in [-0.2, -0.15) is 0 Å². The van der Waals surface area contributed by atoms with Crippen LogP contribution in [-0.4, -0.2) is 19.3 Å². The normalized spacial score (nSPS) is 21.4. The minimum atomic E-state index is -0.335. The van der Waals surface area contributed by atoms with Gasteiger partial charge >= 0.3 is 5.97 Å². The average molecular weight is 409 g/mol. The fraction of sp³-hybridized carbons (Fsp3) is 0.185. The third-order valence-electron chi connectivity index (χ3n) is 6.22. The summed E-state index contributed by atoms with van der Waals surface area (Å²) >= 11 is 0. The highest BCUT2D eigenvalue weighted by Gasteiger charge is 2.37. The lowest BCUT2D eigenvalue weighted by Crippen LogP contribution is -2.28. The number of methoxy groups -OCH3 is 1. The van der Waals surface area contributed by atoms with Crippen molar-refractivity contribution >= 4 is 23.6 Å². The summed E-state index contributed by atoms with van der Waals surface area (Å²) in [7, 11) is 1.38. The van der Waals surface area contributed by atoms with Crippen LogP contribution in [0, 0.1) is 5.92 Å². The lowest BCUT2D eigenvalue weighted by atomic mass is 9.77. The molecule has 1 heterocycles. The zero-order valence-electron chi connectivity index (χ0n) is 17.4. The largest absolute Gasteiger partial charge is 0.465 e. The van der Waals surface area contributed by atoms with Crippen LogP contribution in [0.2, 0.25) is 0 Å². The maximum Gasteiger partial charge on any atom is 0.337 e. The van der Waals surface area contributed by atoms with Gasteiger partial charge in [-0.3, -0.25) is 4.99 Å². The minimum absolute atomic E-state index is 0.291. The molecule has 0 spiro atoms. The van der Waals surface area contributed by atoms with Crippen LogP contribution in [0.25, 0.3) is 0 Å². The molecule has 0 bridgehead atoms. The predicted molar refractivity (Wildman–Crippen MR) is 124 cm³/mol. The van der Waals surface area contributed by atoms with Crippen molar-refractivity contribution in [2.75, 3.05) is 12.4 Å². The molecule has 4 nitrogen and oxygen atoms in total. The Labute approximate surface area is 182 Å². The summed E-state index contributed by atoms with van der Waals surface area (Å²) in [6.45, 7) is 0. The van der Waals surface area contributed by atoms with E-state index in [0.717, 1.165) is 17.7 Å². The van der Waals surface area contributed by atoms with Gasteiger partial charge in [-0.15, -0.1) is 0 Å². The molecule has 3 aromatic carbocycles. The van der Waals surface area contributed by atoms with Gasteiger partial charge in [-0.1, -0.05) is 54.6 Å². The van der Waals surface area contributed by atoms with Crippen LogP contribution in [0.1, 0.15) is 45.4 Å². The molecule has 0 unspecified atom stereocenters. The van der Waals surface area contributed by atoms with E-state index in [0.29, 0.717) is 23.4 Å². The first-order valence-corrected chi connectivity index (χ1v) is 10.6. The Hall–Kier alpha value is -3.66. The number of para-hydroxylation sites is 1. The van der Waals surface area contributed by atoms with Gasteiger partial charge in [0, 0.05) is 17.8 Å². The molecule has 0 amide bonds. The zero-order valence-corrected chi connectivity index (χ0v) is 17.4. The first-order chi connectivity index (χ1) is 15.2. The smallest absolute Gasteiger partial charge is 0.337 e. The van der Waals surface area contributed by atoms with Crippen LogP contribution in [0.3, 0.4) is 0 Å². The highest BCUT2D eigenvalue weighted by Crippen LogP contribution is 2.49. The molecular formula is C27H24N2O2. The van der Waals surface area contributed by atoms with Gasteiger partial charge in [0.15, 0.2) is 0 Å². The number of ether oxygens (including phenoxy) is 1. The van der Waals surface area contributed by atoms with Crippen molar-refractivity contribution in [2.24, 2.45) is 10.9 Å². The molecule has 3 aromatic rings. The van der Waals surface area contributed by atoms with E-state index >= 15 is 0 Å². The topological polar surface area (TPSA) is 50.7 Å². The van der Waals surface area contributed by atoms with Crippen LogP contribution < -0.4 is 5.32 Å². The quantitative estimate of drug-likeness (QED) is 0.325. The maximum atomic E-state index is 11.5. The molecule has 0 saturated heterocycles. The molecule has 0 fully saturated rings. The molecule has 2 aliphatic rings. The first kappa shape index (κ1) is 19.3. The van der Waals surface area contributed by atoms with Gasteiger partial charge in [-0.25, -0.2) is 4.79 Å². The predicted octanol–water partition coefficient (Wildman–Crippen LogP) is 6.05. The third kappa shape index (κ3) is 3.77. The van der Waals surface area contributed by atoms with Gasteiger partial charge in [0.05, 0.1) is 24.4 Å². The Balaban J connectivity index is 1.32. The number of rotatable bonds is 4. The standard InChI is InChI=1S/C27H24N2O2/c1-31-27(30)20-11-9-18(10-12-20)17-28-21-15-13-19(14-16-21)26-24-7-4-6-22(24)23-5-2-3-8-25(23)29-26/h2-6,8-17,22,24,26,29H,7H2,1H3/t22-,24-,26+/m1/s1. The molecule has 1 N–H and O–H groups in total. The number of esters is 1. The molecule has 1 aliphatic carbocycles. The number of carbonyl (C=O) groups excluding carboxylic acids is 1. The van der Waals surface area contributed by atoms with E-state index in [1.807, 2.05) is 18.3 Å².